The van der Waals surface area contributed by atoms with E-state index in [0.717, 1.165) is 24.1 Å². The summed E-state index contributed by atoms with van der Waals surface area (Å²) >= 11 is 0. The summed E-state index contributed by atoms with van der Waals surface area (Å²) in [5.74, 6) is 0.299. The molecule has 0 heterocycles. The first kappa shape index (κ1) is 14.8. The Bertz CT molecular complexity index is 596. The SMILES string of the molecule is NC(=O)/C=C/c1ccc(NC(=O)C2(C3CCC3)CCC2)cc1. The van der Waals surface area contributed by atoms with Gasteiger partial charge in [0.2, 0.25) is 11.8 Å². The first-order valence-corrected chi connectivity index (χ1v) is 7.99. The van der Waals surface area contributed by atoms with Crippen molar-refractivity contribution in [1.29, 1.82) is 0 Å². The van der Waals surface area contributed by atoms with Gasteiger partial charge in [-0.3, -0.25) is 9.59 Å². The molecule has 0 bridgehead atoms. The molecule has 1 aromatic rings. The van der Waals surface area contributed by atoms with Gasteiger partial charge in [-0.1, -0.05) is 25.0 Å². The molecular weight excluding hydrogens is 276 g/mol. The van der Waals surface area contributed by atoms with Crippen LogP contribution in [0.4, 0.5) is 5.69 Å². The van der Waals surface area contributed by atoms with Gasteiger partial charge in [0.15, 0.2) is 0 Å². The highest BCUT2D eigenvalue weighted by molar-refractivity contribution is 5.96. The monoisotopic (exact) mass is 298 g/mol. The number of rotatable bonds is 5. The summed E-state index contributed by atoms with van der Waals surface area (Å²) in [4.78, 5) is 23.4. The maximum absolute atomic E-state index is 12.7. The predicted octanol–water partition coefficient (Wildman–Crippen LogP) is 3.09. The molecule has 0 aromatic heterocycles. The molecule has 3 rings (SSSR count). The van der Waals surface area contributed by atoms with Crippen molar-refractivity contribution in [3.05, 3.63) is 35.9 Å². The van der Waals surface area contributed by atoms with Crippen LogP contribution in [0.5, 0.6) is 0 Å². The molecule has 1 aromatic carbocycles. The lowest BCUT2D eigenvalue weighted by atomic mass is 9.54. The smallest absolute Gasteiger partial charge is 0.241 e. The van der Waals surface area contributed by atoms with Crippen LogP contribution in [0, 0.1) is 11.3 Å². The summed E-state index contributed by atoms with van der Waals surface area (Å²) in [6.07, 6.45) is 9.88. The van der Waals surface area contributed by atoms with Gasteiger partial charge in [-0.15, -0.1) is 0 Å². The van der Waals surface area contributed by atoms with Gasteiger partial charge in [-0.2, -0.15) is 0 Å². The number of carbonyl (C=O) groups is 2. The van der Waals surface area contributed by atoms with Crippen molar-refractivity contribution < 1.29 is 9.59 Å². The van der Waals surface area contributed by atoms with E-state index >= 15 is 0 Å². The van der Waals surface area contributed by atoms with Crippen LogP contribution in [-0.2, 0) is 9.59 Å². The Morgan fingerprint density at radius 2 is 1.82 bits per heavy atom. The van der Waals surface area contributed by atoms with Crippen LogP contribution in [0.2, 0.25) is 0 Å². The second-order valence-corrected chi connectivity index (χ2v) is 6.45. The molecule has 2 aliphatic carbocycles. The Morgan fingerprint density at radius 1 is 1.14 bits per heavy atom. The van der Waals surface area contributed by atoms with Crippen LogP contribution in [0.1, 0.15) is 44.1 Å². The molecule has 2 fully saturated rings. The molecule has 4 heteroatoms. The lowest BCUT2D eigenvalue weighted by molar-refractivity contribution is -0.138. The van der Waals surface area contributed by atoms with E-state index in [1.54, 1.807) is 6.08 Å². The Labute approximate surface area is 130 Å². The standard InChI is InChI=1S/C18H22N2O2/c19-16(21)10-7-13-5-8-15(9-6-13)20-17(22)18(11-2-12-18)14-3-1-4-14/h5-10,14H,1-4,11-12H2,(H2,19,21)(H,20,22)/b10-7+. The molecule has 0 saturated heterocycles. The van der Waals surface area contributed by atoms with E-state index in [2.05, 4.69) is 5.32 Å². The van der Waals surface area contributed by atoms with Gasteiger partial charge in [-0.05, 0) is 55.4 Å². The van der Waals surface area contributed by atoms with Crippen molar-refractivity contribution in [2.45, 2.75) is 38.5 Å². The number of hydrogen-bond donors (Lipinski definition) is 2. The Kier molecular flexibility index (Phi) is 4.01. The van der Waals surface area contributed by atoms with Crippen molar-refractivity contribution in [2.75, 3.05) is 5.32 Å². The van der Waals surface area contributed by atoms with Crippen LogP contribution in [-0.4, -0.2) is 11.8 Å². The minimum atomic E-state index is -0.468. The molecule has 0 spiro atoms. The van der Waals surface area contributed by atoms with Crippen molar-refractivity contribution in [3.8, 4) is 0 Å². The fourth-order valence-electron chi connectivity index (χ4n) is 3.45. The third-order valence-electron chi connectivity index (χ3n) is 5.19. The van der Waals surface area contributed by atoms with Crippen molar-refractivity contribution in [1.82, 2.24) is 0 Å². The van der Waals surface area contributed by atoms with E-state index in [4.69, 9.17) is 5.73 Å². The number of carbonyl (C=O) groups excluding carboxylic acids is 2. The van der Waals surface area contributed by atoms with E-state index in [1.165, 1.54) is 31.8 Å². The molecule has 2 amide bonds. The highest BCUT2D eigenvalue weighted by atomic mass is 16.2. The van der Waals surface area contributed by atoms with Gasteiger partial charge in [0.25, 0.3) is 0 Å². The molecule has 22 heavy (non-hydrogen) atoms. The number of amides is 2. The lowest BCUT2D eigenvalue weighted by Gasteiger charge is -2.50. The van der Waals surface area contributed by atoms with Crippen molar-refractivity contribution in [2.24, 2.45) is 17.1 Å². The van der Waals surface area contributed by atoms with E-state index in [0.29, 0.717) is 5.92 Å². The summed E-state index contributed by atoms with van der Waals surface area (Å²) in [5.41, 5.74) is 6.66. The zero-order valence-electron chi connectivity index (χ0n) is 12.7. The number of anilines is 1. The van der Waals surface area contributed by atoms with Gasteiger partial charge in [0, 0.05) is 11.8 Å². The second kappa shape index (κ2) is 5.95. The largest absolute Gasteiger partial charge is 0.366 e. The minimum absolute atomic E-state index is 0.108. The number of primary amides is 1. The average Bonchev–Trinajstić information content (AvgIpc) is 2.39. The average molecular weight is 298 g/mol. The minimum Gasteiger partial charge on any atom is -0.366 e. The first-order valence-electron chi connectivity index (χ1n) is 7.99. The molecular formula is C18H22N2O2. The number of nitrogens with two attached hydrogens (primary N) is 1. The van der Waals surface area contributed by atoms with Gasteiger partial charge < -0.3 is 11.1 Å². The van der Waals surface area contributed by atoms with Crippen LogP contribution in [0.15, 0.2) is 30.3 Å². The molecule has 0 radical (unpaired) electrons. The van der Waals surface area contributed by atoms with E-state index in [9.17, 15) is 9.59 Å². The Morgan fingerprint density at radius 3 is 2.27 bits per heavy atom. The third-order valence-corrected chi connectivity index (χ3v) is 5.19. The summed E-state index contributed by atoms with van der Waals surface area (Å²) in [6, 6.07) is 7.47. The predicted molar refractivity (Wildman–Crippen MR) is 86.9 cm³/mol. The van der Waals surface area contributed by atoms with Gasteiger partial charge in [0.1, 0.15) is 0 Å². The molecule has 2 saturated carbocycles. The van der Waals surface area contributed by atoms with E-state index in [-0.39, 0.29) is 11.3 Å². The van der Waals surface area contributed by atoms with Gasteiger partial charge in [0.05, 0.1) is 5.41 Å². The van der Waals surface area contributed by atoms with E-state index < -0.39 is 5.91 Å². The van der Waals surface area contributed by atoms with Crippen molar-refractivity contribution in [3.63, 3.8) is 0 Å². The topological polar surface area (TPSA) is 72.2 Å². The molecule has 0 unspecified atom stereocenters. The Balaban J connectivity index is 1.65. The fraction of sp³-hybridized carbons (Fsp3) is 0.444. The molecule has 3 N–H and O–H groups in total. The maximum atomic E-state index is 12.7. The highest BCUT2D eigenvalue weighted by Gasteiger charge is 2.51. The fourth-order valence-corrected chi connectivity index (χ4v) is 3.45. The number of benzene rings is 1. The van der Waals surface area contributed by atoms with Crippen LogP contribution < -0.4 is 11.1 Å². The third kappa shape index (κ3) is 2.78. The second-order valence-electron chi connectivity index (χ2n) is 6.45. The van der Waals surface area contributed by atoms with E-state index in [1.807, 2.05) is 24.3 Å². The quantitative estimate of drug-likeness (QED) is 0.820. The molecule has 2 aliphatic rings. The normalized spacial score (nSPS) is 20.2. The first-order chi connectivity index (χ1) is 10.6. The van der Waals surface area contributed by atoms with Crippen LogP contribution >= 0.6 is 0 Å². The molecule has 116 valence electrons. The zero-order chi connectivity index (χ0) is 15.6. The maximum Gasteiger partial charge on any atom is 0.241 e. The summed E-state index contributed by atoms with van der Waals surface area (Å²) < 4.78 is 0. The van der Waals surface area contributed by atoms with Crippen LogP contribution in [0.25, 0.3) is 6.08 Å². The molecule has 4 nitrogen and oxygen atoms in total. The molecule has 0 aliphatic heterocycles. The van der Waals surface area contributed by atoms with Gasteiger partial charge in [-0.25, -0.2) is 0 Å². The van der Waals surface area contributed by atoms with Gasteiger partial charge >= 0.3 is 0 Å². The summed E-state index contributed by atoms with van der Waals surface area (Å²) in [6.45, 7) is 0. The zero-order valence-corrected chi connectivity index (χ0v) is 12.7. The number of nitrogens with one attached hydrogen (secondary N) is 1. The van der Waals surface area contributed by atoms with Crippen LogP contribution in [0.3, 0.4) is 0 Å². The summed E-state index contributed by atoms with van der Waals surface area (Å²) in [7, 11) is 0. The highest BCUT2D eigenvalue weighted by Crippen LogP contribution is 2.54. The Hall–Kier alpha value is -2.10. The lowest BCUT2D eigenvalue weighted by Crippen LogP contribution is -2.49. The molecule has 0 atom stereocenters. The number of hydrogen-bond acceptors (Lipinski definition) is 2. The van der Waals surface area contributed by atoms with Crippen molar-refractivity contribution >= 4 is 23.6 Å². The summed E-state index contributed by atoms with van der Waals surface area (Å²) in [5, 5.41) is 3.07.